The lowest BCUT2D eigenvalue weighted by atomic mass is 9.98. The zero-order valence-electron chi connectivity index (χ0n) is 19.3. The molecule has 1 fully saturated rings. The first-order valence-corrected chi connectivity index (χ1v) is 11.1. The predicted octanol–water partition coefficient (Wildman–Crippen LogP) is -0.673. The quantitative estimate of drug-likeness (QED) is 0.258. The fraction of sp³-hybridized carbons (Fsp3) is 0.762. The second kappa shape index (κ2) is 12.4. The highest BCUT2D eigenvalue weighted by Crippen LogP contribution is 2.21. The van der Waals surface area contributed by atoms with Crippen LogP contribution in [-0.4, -0.2) is 70.3 Å². The van der Waals surface area contributed by atoms with Crippen molar-refractivity contribution >= 4 is 29.6 Å². The van der Waals surface area contributed by atoms with Crippen LogP contribution in [0.25, 0.3) is 0 Å². The molecular formula is C21H37N5O6. The second-order valence-corrected chi connectivity index (χ2v) is 8.86. The highest BCUT2D eigenvalue weighted by Gasteiger charge is 2.38. The second-order valence-electron chi connectivity index (χ2n) is 8.86. The van der Waals surface area contributed by atoms with Crippen molar-refractivity contribution in [1.82, 2.24) is 15.5 Å². The molecular weight excluding hydrogens is 418 g/mol. The van der Waals surface area contributed by atoms with E-state index in [9.17, 15) is 29.1 Å². The summed E-state index contributed by atoms with van der Waals surface area (Å²) in [5, 5.41) is 14.2. The van der Waals surface area contributed by atoms with Crippen molar-refractivity contribution in [1.29, 1.82) is 0 Å². The molecule has 0 bridgehead atoms. The molecule has 5 atom stereocenters. The smallest absolute Gasteiger partial charge is 0.326 e. The van der Waals surface area contributed by atoms with Crippen molar-refractivity contribution in [3.8, 4) is 0 Å². The summed E-state index contributed by atoms with van der Waals surface area (Å²) in [7, 11) is 0. The van der Waals surface area contributed by atoms with Crippen LogP contribution >= 0.6 is 0 Å². The normalized spacial score (nSPS) is 19.7. The fourth-order valence-corrected chi connectivity index (χ4v) is 3.64. The summed E-state index contributed by atoms with van der Waals surface area (Å²) in [6.45, 7) is 7.91. The number of amides is 4. The molecule has 1 aliphatic heterocycles. The standard InChI is InChI=1S/C21H37N5O6/c1-5-12(4)17(23)20(30)26-8-6-7-15(26)19(29)24-13(9-11(2)3)18(28)25-14(21(31)32)10-16(22)27/h11-15,17H,5-10,23H2,1-4H3,(H2,22,27)(H,24,29)(H,25,28)(H,31,32). The van der Waals surface area contributed by atoms with Crippen LogP contribution in [0.4, 0.5) is 0 Å². The van der Waals surface area contributed by atoms with Gasteiger partial charge in [-0.3, -0.25) is 19.2 Å². The van der Waals surface area contributed by atoms with E-state index in [1.807, 2.05) is 27.7 Å². The van der Waals surface area contributed by atoms with Crippen LogP contribution in [0.15, 0.2) is 0 Å². The number of primary amides is 1. The summed E-state index contributed by atoms with van der Waals surface area (Å²) in [5.74, 6) is -3.83. The average Bonchev–Trinajstić information content (AvgIpc) is 3.20. The molecule has 4 amide bonds. The minimum absolute atomic E-state index is 0.00519. The first-order valence-electron chi connectivity index (χ1n) is 11.1. The number of nitrogens with zero attached hydrogens (tertiary/aromatic N) is 1. The zero-order valence-corrected chi connectivity index (χ0v) is 19.3. The van der Waals surface area contributed by atoms with Crippen molar-refractivity contribution < 1.29 is 29.1 Å². The lowest BCUT2D eigenvalue weighted by molar-refractivity contribution is -0.144. The van der Waals surface area contributed by atoms with Crippen LogP contribution in [0.1, 0.15) is 59.8 Å². The Morgan fingerprint density at radius 3 is 2.22 bits per heavy atom. The molecule has 5 unspecified atom stereocenters. The Kier molecular flexibility index (Phi) is 10.6. The number of rotatable bonds is 12. The van der Waals surface area contributed by atoms with E-state index >= 15 is 0 Å². The van der Waals surface area contributed by atoms with Crippen LogP contribution in [-0.2, 0) is 24.0 Å². The Labute approximate surface area is 188 Å². The van der Waals surface area contributed by atoms with E-state index in [0.717, 1.165) is 6.42 Å². The molecule has 0 spiro atoms. The minimum Gasteiger partial charge on any atom is -0.480 e. The molecule has 0 aromatic carbocycles. The number of aliphatic carboxylic acids is 1. The lowest BCUT2D eigenvalue weighted by Crippen LogP contribution is -2.57. The molecule has 0 saturated carbocycles. The van der Waals surface area contributed by atoms with Gasteiger partial charge in [0.1, 0.15) is 18.1 Å². The number of hydrogen-bond donors (Lipinski definition) is 5. The number of likely N-dealkylation sites (tertiary alicyclic amines) is 1. The third-order valence-corrected chi connectivity index (χ3v) is 5.74. The fourth-order valence-electron chi connectivity index (χ4n) is 3.64. The van der Waals surface area contributed by atoms with Crippen LogP contribution in [0, 0.1) is 11.8 Å². The van der Waals surface area contributed by atoms with Crippen molar-refractivity contribution in [2.24, 2.45) is 23.3 Å². The molecule has 0 radical (unpaired) electrons. The van der Waals surface area contributed by atoms with E-state index in [1.165, 1.54) is 4.90 Å². The highest BCUT2D eigenvalue weighted by atomic mass is 16.4. The molecule has 0 aromatic rings. The van der Waals surface area contributed by atoms with E-state index in [0.29, 0.717) is 19.4 Å². The summed E-state index contributed by atoms with van der Waals surface area (Å²) >= 11 is 0. The molecule has 0 aromatic heterocycles. The number of carbonyl (C=O) groups excluding carboxylic acids is 4. The molecule has 0 aliphatic carbocycles. The Morgan fingerprint density at radius 1 is 1.09 bits per heavy atom. The summed E-state index contributed by atoms with van der Waals surface area (Å²) in [5.41, 5.74) is 11.1. The van der Waals surface area contributed by atoms with Gasteiger partial charge in [0, 0.05) is 6.54 Å². The topological polar surface area (TPSA) is 185 Å². The van der Waals surface area contributed by atoms with E-state index < -0.39 is 54.3 Å². The van der Waals surface area contributed by atoms with Crippen LogP contribution < -0.4 is 22.1 Å². The van der Waals surface area contributed by atoms with Gasteiger partial charge < -0.3 is 32.1 Å². The number of nitrogens with two attached hydrogens (primary N) is 2. The molecule has 1 aliphatic rings. The van der Waals surface area contributed by atoms with E-state index in [1.54, 1.807) is 0 Å². The van der Waals surface area contributed by atoms with Gasteiger partial charge in [-0.1, -0.05) is 34.1 Å². The summed E-state index contributed by atoms with van der Waals surface area (Å²) in [4.78, 5) is 62.5. The number of carboxylic acid groups (broad SMARTS) is 1. The van der Waals surface area contributed by atoms with Gasteiger partial charge >= 0.3 is 5.97 Å². The summed E-state index contributed by atoms with van der Waals surface area (Å²) in [6.07, 6.45) is 1.48. The maximum Gasteiger partial charge on any atom is 0.326 e. The highest BCUT2D eigenvalue weighted by molar-refractivity contribution is 5.95. The molecule has 7 N–H and O–H groups in total. The van der Waals surface area contributed by atoms with E-state index in [4.69, 9.17) is 11.5 Å². The van der Waals surface area contributed by atoms with E-state index in [2.05, 4.69) is 10.6 Å². The van der Waals surface area contributed by atoms with Gasteiger partial charge in [0.15, 0.2) is 0 Å². The Bertz CT molecular complexity index is 713. The van der Waals surface area contributed by atoms with Crippen molar-refractivity contribution in [3.63, 3.8) is 0 Å². The van der Waals surface area contributed by atoms with Gasteiger partial charge in [-0.05, 0) is 31.1 Å². The molecule has 11 nitrogen and oxygen atoms in total. The summed E-state index contributed by atoms with van der Waals surface area (Å²) < 4.78 is 0. The SMILES string of the molecule is CCC(C)C(N)C(=O)N1CCCC1C(=O)NC(CC(C)C)C(=O)NC(CC(N)=O)C(=O)O. The molecule has 32 heavy (non-hydrogen) atoms. The largest absolute Gasteiger partial charge is 0.480 e. The van der Waals surface area contributed by atoms with Gasteiger partial charge in [-0.2, -0.15) is 0 Å². The molecule has 182 valence electrons. The molecule has 1 saturated heterocycles. The summed E-state index contributed by atoms with van der Waals surface area (Å²) in [6, 6.07) is -3.99. The third kappa shape index (κ3) is 7.77. The average molecular weight is 456 g/mol. The van der Waals surface area contributed by atoms with E-state index in [-0.39, 0.29) is 24.2 Å². The maximum atomic E-state index is 13.0. The first kappa shape index (κ1) is 27.3. The van der Waals surface area contributed by atoms with Gasteiger partial charge in [0.05, 0.1) is 12.5 Å². The first-order chi connectivity index (χ1) is 14.9. The van der Waals surface area contributed by atoms with Gasteiger partial charge in [0.25, 0.3) is 0 Å². The predicted molar refractivity (Wildman–Crippen MR) is 117 cm³/mol. The minimum atomic E-state index is -1.50. The van der Waals surface area contributed by atoms with Gasteiger partial charge in [0.2, 0.25) is 23.6 Å². The Hall–Kier alpha value is -2.69. The van der Waals surface area contributed by atoms with Crippen molar-refractivity contribution in [2.75, 3.05) is 6.54 Å². The van der Waals surface area contributed by atoms with Crippen molar-refractivity contribution in [2.45, 2.75) is 84.0 Å². The maximum absolute atomic E-state index is 13.0. The van der Waals surface area contributed by atoms with Gasteiger partial charge in [-0.15, -0.1) is 0 Å². The zero-order chi connectivity index (χ0) is 24.6. The third-order valence-electron chi connectivity index (χ3n) is 5.74. The number of carbonyl (C=O) groups is 5. The molecule has 1 rings (SSSR count). The van der Waals surface area contributed by atoms with Crippen molar-refractivity contribution in [3.05, 3.63) is 0 Å². The van der Waals surface area contributed by atoms with Crippen LogP contribution in [0.2, 0.25) is 0 Å². The monoisotopic (exact) mass is 455 g/mol. The Morgan fingerprint density at radius 2 is 1.72 bits per heavy atom. The van der Waals surface area contributed by atoms with Crippen LogP contribution in [0.3, 0.4) is 0 Å². The van der Waals surface area contributed by atoms with Gasteiger partial charge in [-0.25, -0.2) is 4.79 Å². The number of nitrogens with one attached hydrogen (secondary N) is 2. The Balaban J connectivity index is 2.94. The lowest BCUT2D eigenvalue weighted by Gasteiger charge is -2.30. The molecule has 1 heterocycles. The molecule has 11 heteroatoms. The van der Waals surface area contributed by atoms with Crippen LogP contribution in [0.5, 0.6) is 0 Å². The number of carboxylic acids is 1. The number of hydrogen-bond acceptors (Lipinski definition) is 6.